The maximum absolute atomic E-state index is 12.4. The number of piperazine rings is 1. The van der Waals surface area contributed by atoms with Crippen molar-refractivity contribution in [3.05, 3.63) is 41.8 Å². The zero-order chi connectivity index (χ0) is 18.2. The monoisotopic (exact) mass is 345 g/mol. The molecule has 137 valence electrons. The largest absolute Gasteiger partial charge is 0.349 e. The van der Waals surface area contributed by atoms with Crippen molar-refractivity contribution in [1.29, 1.82) is 0 Å². The number of benzene rings is 1. The highest BCUT2D eigenvalue weighted by Gasteiger charge is 2.40. The van der Waals surface area contributed by atoms with Gasteiger partial charge in [0.25, 0.3) is 5.91 Å². The van der Waals surface area contributed by atoms with Crippen molar-refractivity contribution in [1.82, 2.24) is 9.80 Å². The van der Waals surface area contributed by atoms with Gasteiger partial charge in [0.1, 0.15) is 0 Å². The number of carbonyl (C=O) groups is 1. The Morgan fingerprint density at radius 3 is 2.36 bits per heavy atom. The van der Waals surface area contributed by atoms with E-state index in [1.165, 1.54) is 5.56 Å². The van der Waals surface area contributed by atoms with E-state index in [4.69, 9.17) is 0 Å². The second-order valence-electron chi connectivity index (χ2n) is 7.95. The highest BCUT2D eigenvalue weighted by molar-refractivity contribution is 5.82. The van der Waals surface area contributed by atoms with Crippen LogP contribution in [0.1, 0.15) is 43.4 Å². The Kier molecular flexibility index (Phi) is 4.93. The molecule has 0 atom stereocenters. The predicted octanol–water partition coefficient (Wildman–Crippen LogP) is 1.66. The molecule has 0 unspecified atom stereocenters. The van der Waals surface area contributed by atoms with Gasteiger partial charge in [0, 0.05) is 37.2 Å². The van der Waals surface area contributed by atoms with E-state index >= 15 is 0 Å². The molecule has 1 amide bonds. The SMILES string of the molecule is [CH2]C(C)(C)C(=O)N1CCN(C(O)(O)c2cccc3c2CCCC3)CC1. The van der Waals surface area contributed by atoms with Gasteiger partial charge in [0.15, 0.2) is 0 Å². The summed E-state index contributed by atoms with van der Waals surface area (Å²) in [6, 6.07) is 5.81. The number of aryl methyl sites for hydroxylation is 1. The summed E-state index contributed by atoms with van der Waals surface area (Å²) in [4.78, 5) is 15.8. The van der Waals surface area contributed by atoms with Gasteiger partial charge in [-0.3, -0.25) is 4.79 Å². The summed E-state index contributed by atoms with van der Waals surface area (Å²) in [6.07, 6.45) is 4.13. The van der Waals surface area contributed by atoms with Crippen LogP contribution in [-0.2, 0) is 23.5 Å². The molecule has 25 heavy (non-hydrogen) atoms. The molecule has 0 bridgehead atoms. The van der Waals surface area contributed by atoms with E-state index in [2.05, 4.69) is 13.0 Å². The van der Waals surface area contributed by atoms with Crippen LogP contribution in [-0.4, -0.2) is 52.1 Å². The number of hydrogen-bond acceptors (Lipinski definition) is 4. The van der Waals surface area contributed by atoms with Gasteiger partial charge in [0.05, 0.1) is 0 Å². The average molecular weight is 345 g/mol. The van der Waals surface area contributed by atoms with Crippen molar-refractivity contribution >= 4 is 5.91 Å². The first-order valence-corrected chi connectivity index (χ1v) is 9.17. The number of carbonyl (C=O) groups excluding carboxylic acids is 1. The summed E-state index contributed by atoms with van der Waals surface area (Å²) in [5.41, 5.74) is 2.25. The van der Waals surface area contributed by atoms with Crippen molar-refractivity contribution in [2.24, 2.45) is 5.41 Å². The van der Waals surface area contributed by atoms with Gasteiger partial charge in [-0.1, -0.05) is 32.0 Å². The van der Waals surface area contributed by atoms with Crippen LogP contribution in [0.3, 0.4) is 0 Å². The van der Waals surface area contributed by atoms with Crippen molar-refractivity contribution < 1.29 is 15.0 Å². The Morgan fingerprint density at radius 2 is 1.72 bits per heavy atom. The second kappa shape index (κ2) is 6.71. The summed E-state index contributed by atoms with van der Waals surface area (Å²) in [5.74, 6) is -1.98. The molecule has 1 aromatic rings. The fraction of sp³-hybridized carbons (Fsp3) is 0.600. The molecule has 2 aliphatic rings. The van der Waals surface area contributed by atoms with Gasteiger partial charge in [0.2, 0.25) is 5.91 Å². The summed E-state index contributed by atoms with van der Waals surface area (Å²) in [5, 5.41) is 21.8. The zero-order valence-electron chi connectivity index (χ0n) is 15.3. The number of rotatable bonds is 3. The summed E-state index contributed by atoms with van der Waals surface area (Å²) in [7, 11) is 0. The molecule has 1 fully saturated rings. The van der Waals surface area contributed by atoms with Gasteiger partial charge in [-0.2, -0.15) is 0 Å². The number of amides is 1. The number of hydrogen-bond donors (Lipinski definition) is 2. The zero-order valence-corrected chi connectivity index (χ0v) is 15.3. The molecule has 1 aliphatic heterocycles. The maximum Gasteiger partial charge on any atom is 0.253 e. The number of nitrogens with zero attached hydrogens (tertiary/aromatic N) is 2. The molecule has 0 saturated carbocycles. The van der Waals surface area contributed by atoms with Crippen molar-refractivity contribution in [3.8, 4) is 0 Å². The van der Waals surface area contributed by atoms with Crippen molar-refractivity contribution in [2.45, 2.75) is 45.4 Å². The fourth-order valence-corrected chi connectivity index (χ4v) is 3.92. The molecule has 0 spiro atoms. The molecule has 2 N–H and O–H groups in total. The molecule has 3 rings (SSSR count). The van der Waals surface area contributed by atoms with Crippen molar-refractivity contribution in [2.75, 3.05) is 26.2 Å². The van der Waals surface area contributed by atoms with E-state index in [9.17, 15) is 15.0 Å². The Balaban J connectivity index is 1.76. The third kappa shape index (κ3) is 3.59. The lowest BCUT2D eigenvalue weighted by Gasteiger charge is -2.43. The second-order valence-corrected chi connectivity index (χ2v) is 7.95. The van der Waals surface area contributed by atoms with Gasteiger partial charge in [-0.15, -0.1) is 0 Å². The quantitative estimate of drug-likeness (QED) is 0.818. The average Bonchev–Trinajstić information content (AvgIpc) is 2.60. The lowest BCUT2D eigenvalue weighted by atomic mass is 9.86. The predicted molar refractivity (Wildman–Crippen MR) is 96.5 cm³/mol. The Morgan fingerprint density at radius 1 is 1.08 bits per heavy atom. The summed E-state index contributed by atoms with van der Waals surface area (Å²) in [6.45, 7) is 9.34. The van der Waals surface area contributed by atoms with E-state index in [-0.39, 0.29) is 5.91 Å². The Hall–Kier alpha value is -1.43. The van der Waals surface area contributed by atoms with Crippen LogP contribution < -0.4 is 0 Å². The number of fused-ring (bicyclic) bond motifs is 1. The first-order valence-electron chi connectivity index (χ1n) is 9.17. The van der Waals surface area contributed by atoms with Gasteiger partial charge < -0.3 is 15.1 Å². The first kappa shape index (κ1) is 18.4. The molecule has 1 heterocycles. The standard InChI is InChI=1S/C20H29N2O3/c1-19(2,3)18(23)21-11-13-22(14-12-21)20(24,25)17-10-6-8-15-7-4-5-9-16(15)17/h6,8,10,24-25H,1,4-5,7,9,11-14H2,2-3H3. The molecule has 5 heteroatoms. The van der Waals surface area contributed by atoms with Gasteiger partial charge in [-0.25, -0.2) is 4.90 Å². The van der Waals surface area contributed by atoms with Crippen LogP contribution in [0, 0.1) is 12.3 Å². The maximum atomic E-state index is 12.4. The summed E-state index contributed by atoms with van der Waals surface area (Å²) >= 11 is 0. The molecule has 0 aromatic heterocycles. The van der Waals surface area contributed by atoms with E-state index in [1.54, 1.807) is 23.6 Å². The van der Waals surface area contributed by atoms with Crippen LogP contribution in [0.5, 0.6) is 0 Å². The normalized spacial score (nSPS) is 19.6. The van der Waals surface area contributed by atoms with Crippen LogP contribution in [0.15, 0.2) is 18.2 Å². The number of aliphatic hydroxyl groups is 2. The van der Waals surface area contributed by atoms with Crippen molar-refractivity contribution in [3.63, 3.8) is 0 Å². The van der Waals surface area contributed by atoms with E-state index in [0.29, 0.717) is 31.7 Å². The molecule has 1 saturated heterocycles. The van der Waals surface area contributed by atoms with Gasteiger partial charge in [-0.05, 0) is 43.7 Å². The Bertz CT molecular complexity index is 641. The lowest BCUT2D eigenvalue weighted by Crippen LogP contribution is -2.58. The molecule has 1 aliphatic carbocycles. The summed E-state index contributed by atoms with van der Waals surface area (Å²) < 4.78 is 0. The molecule has 1 radical (unpaired) electrons. The molecular formula is C20H29N2O3. The molecule has 1 aromatic carbocycles. The van der Waals surface area contributed by atoms with Crippen LogP contribution in [0.4, 0.5) is 0 Å². The third-order valence-corrected chi connectivity index (χ3v) is 5.34. The minimum Gasteiger partial charge on any atom is -0.349 e. The molecule has 5 nitrogen and oxygen atoms in total. The van der Waals surface area contributed by atoms with Gasteiger partial charge >= 0.3 is 0 Å². The molecular weight excluding hydrogens is 316 g/mol. The smallest absolute Gasteiger partial charge is 0.253 e. The minimum absolute atomic E-state index is 0.00530. The topological polar surface area (TPSA) is 64.0 Å². The van der Waals surface area contributed by atoms with Crippen LogP contribution in [0.2, 0.25) is 0 Å². The van der Waals surface area contributed by atoms with E-state index in [1.807, 2.05) is 12.1 Å². The third-order valence-electron chi connectivity index (χ3n) is 5.34. The highest BCUT2D eigenvalue weighted by Crippen LogP contribution is 2.33. The minimum atomic E-state index is -1.99. The van der Waals surface area contributed by atoms with Crippen LogP contribution in [0.25, 0.3) is 0 Å². The van der Waals surface area contributed by atoms with E-state index < -0.39 is 11.3 Å². The lowest BCUT2D eigenvalue weighted by molar-refractivity contribution is -0.281. The Labute approximate surface area is 150 Å². The van der Waals surface area contributed by atoms with E-state index in [0.717, 1.165) is 31.2 Å². The first-order chi connectivity index (χ1) is 11.7. The van der Waals surface area contributed by atoms with Crippen LogP contribution >= 0.6 is 0 Å². The highest BCUT2D eigenvalue weighted by atomic mass is 16.5. The fourth-order valence-electron chi connectivity index (χ4n) is 3.92.